The number of piperazine rings is 1. The highest BCUT2D eigenvalue weighted by Gasteiger charge is 2.26. The molecule has 1 fully saturated rings. The van der Waals surface area contributed by atoms with Crippen LogP contribution in [0.25, 0.3) is 11.3 Å². The molecule has 0 bridgehead atoms. The van der Waals surface area contributed by atoms with Crippen LogP contribution in [0.2, 0.25) is 5.28 Å². The average molecular weight is 375 g/mol. The molecule has 0 atom stereocenters. The molecule has 0 saturated carbocycles. The smallest absolute Gasteiger partial charge is 0.410 e. The van der Waals surface area contributed by atoms with Crippen LogP contribution in [0.1, 0.15) is 20.8 Å². The van der Waals surface area contributed by atoms with Gasteiger partial charge in [-0.15, -0.1) is 0 Å². The van der Waals surface area contributed by atoms with Gasteiger partial charge in [-0.05, 0) is 50.6 Å². The predicted molar refractivity (Wildman–Crippen MR) is 102 cm³/mol. The van der Waals surface area contributed by atoms with Gasteiger partial charge in [0, 0.05) is 43.6 Å². The number of halogens is 1. The quantitative estimate of drug-likeness (QED) is 0.747. The minimum atomic E-state index is -0.471. The lowest BCUT2D eigenvalue weighted by molar-refractivity contribution is 0.0240. The lowest BCUT2D eigenvalue weighted by Gasteiger charge is -2.36. The number of nitrogens with zero attached hydrogens (tertiary/aromatic N) is 4. The van der Waals surface area contributed by atoms with E-state index in [1.807, 2.05) is 39.0 Å². The van der Waals surface area contributed by atoms with Gasteiger partial charge in [-0.1, -0.05) is 12.1 Å². The first kappa shape index (κ1) is 18.5. The van der Waals surface area contributed by atoms with Crippen molar-refractivity contribution in [3.63, 3.8) is 0 Å². The van der Waals surface area contributed by atoms with Crippen molar-refractivity contribution in [2.75, 3.05) is 31.1 Å². The first-order chi connectivity index (χ1) is 12.3. The summed E-state index contributed by atoms with van der Waals surface area (Å²) in [5.74, 6) is 0. The molecule has 0 unspecified atom stereocenters. The average Bonchev–Trinajstić information content (AvgIpc) is 2.60. The van der Waals surface area contributed by atoms with Gasteiger partial charge in [-0.2, -0.15) is 0 Å². The van der Waals surface area contributed by atoms with Crippen molar-refractivity contribution in [2.24, 2.45) is 0 Å². The summed E-state index contributed by atoms with van der Waals surface area (Å²) in [5, 5.41) is 0.235. The van der Waals surface area contributed by atoms with E-state index >= 15 is 0 Å². The van der Waals surface area contributed by atoms with E-state index in [2.05, 4.69) is 27.0 Å². The maximum atomic E-state index is 12.2. The van der Waals surface area contributed by atoms with Gasteiger partial charge < -0.3 is 14.5 Å². The van der Waals surface area contributed by atoms with Crippen LogP contribution in [0.4, 0.5) is 10.5 Å². The summed E-state index contributed by atoms with van der Waals surface area (Å²) < 4.78 is 5.45. The third-order valence-corrected chi connectivity index (χ3v) is 4.25. The second-order valence-corrected chi connectivity index (χ2v) is 7.55. The molecule has 3 rings (SSSR count). The Kier molecular flexibility index (Phi) is 5.32. The fraction of sp³-hybridized carbons (Fsp3) is 0.421. The van der Waals surface area contributed by atoms with Crippen molar-refractivity contribution in [1.29, 1.82) is 0 Å². The number of hydrogen-bond donors (Lipinski definition) is 0. The molecule has 1 aromatic heterocycles. The predicted octanol–water partition coefficient (Wildman–Crippen LogP) is 3.85. The van der Waals surface area contributed by atoms with Crippen molar-refractivity contribution >= 4 is 23.4 Å². The Hall–Kier alpha value is -2.34. The van der Waals surface area contributed by atoms with Gasteiger partial charge in [-0.3, -0.25) is 0 Å². The van der Waals surface area contributed by atoms with E-state index in [0.717, 1.165) is 30.0 Å². The zero-order valence-corrected chi connectivity index (χ0v) is 16.0. The molecule has 6 nitrogen and oxygen atoms in total. The van der Waals surface area contributed by atoms with E-state index in [9.17, 15) is 4.79 Å². The van der Waals surface area contributed by atoms with E-state index in [4.69, 9.17) is 16.3 Å². The van der Waals surface area contributed by atoms with Crippen LogP contribution < -0.4 is 4.90 Å². The first-order valence-electron chi connectivity index (χ1n) is 8.64. The van der Waals surface area contributed by atoms with Crippen LogP contribution in [-0.2, 0) is 4.74 Å². The highest BCUT2D eigenvalue weighted by atomic mass is 35.5. The molecule has 1 aromatic carbocycles. The number of benzene rings is 1. The van der Waals surface area contributed by atoms with Gasteiger partial charge in [-0.25, -0.2) is 14.8 Å². The molecule has 0 aliphatic carbocycles. The molecule has 0 radical (unpaired) electrons. The summed E-state index contributed by atoms with van der Waals surface area (Å²) in [6, 6.07) is 9.99. The van der Waals surface area contributed by atoms with Crippen LogP contribution >= 0.6 is 11.6 Å². The summed E-state index contributed by atoms with van der Waals surface area (Å²) in [6.07, 6.45) is 1.40. The summed E-state index contributed by atoms with van der Waals surface area (Å²) in [7, 11) is 0. The summed E-state index contributed by atoms with van der Waals surface area (Å²) in [6.45, 7) is 8.43. The van der Waals surface area contributed by atoms with Crippen molar-refractivity contribution in [1.82, 2.24) is 14.9 Å². The zero-order valence-electron chi connectivity index (χ0n) is 15.3. The van der Waals surface area contributed by atoms with Gasteiger partial charge in [0.15, 0.2) is 0 Å². The Balaban J connectivity index is 1.67. The SMILES string of the molecule is CC(C)(C)OC(=O)N1CCN(c2cccc(-c3ccnc(Cl)n3)c2)CC1. The van der Waals surface area contributed by atoms with Crippen LogP contribution in [-0.4, -0.2) is 52.7 Å². The third-order valence-electron chi connectivity index (χ3n) is 4.06. The molecular weight excluding hydrogens is 352 g/mol. The number of aromatic nitrogens is 2. The van der Waals surface area contributed by atoms with Gasteiger partial charge in [0.25, 0.3) is 0 Å². The van der Waals surface area contributed by atoms with Gasteiger partial charge >= 0.3 is 6.09 Å². The van der Waals surface area contributed by atoms with Crippen molar-refractivity contribution in [3.05, 3.63) is 41.8 Å². The second kappa shape index (κ2) is 7.50. The zero-order chi connectivity index (χ0) is 18.7. The van der Waals surface area contributed by atoms with Gasteiger partial charge in [0.2, 0.25) is 5.28 Å². The normalized spacial score (nSPS) is 15.1. The van der Waals surface area contributed by atoms with Crippen molar-refractivity contribution in [2.45, 2.75) is 26.4 Å². The number of rotatable bonds is 2. The largest absolute Gasteiger partial charge is 0.444 e. The van der Waals surface area contributed by atoms with E-state index in [1.54, 1.807) is 11.1 Å². The molecule has 1 aliphatic heterocycles. The Morgan fingerprint density at radius 2 is 1.88 bits per heavy atom. The number of hydrogen-bond acceptors (Lipinski definition) is 5. The molecule has 26 heavy (non-hydrogen) atoms. The molecule has 138 valence electrons. The Labute approximate surface area is 158 Å². The minimum absolute atomic E-state index is 0.235. The second-order valence-electron chi connectivity index (χ2n) is 7.22. The fourth-order valence-corrected chi connectivity index (χ4v) is 2.98. The number of ether oxygens (including phenoxy) is 1. The number of carbonyl (C=O) groups excluding carboxylic acids is 1. The lowest BCUT2D eigenvalue weighted by atomic mass is 10.1. The van der Waals surface area contributed by atoms with E-state index in [0.29, 0.717) is 13.1 Å². The van der Waals surface area contributed by atoms with Crippen LogP contribution in [0.5, 0.6) is 0 Å². The molecule has 2 aromatic rings. The molecule has 0 N–H and O–H groups in total. The van der Waals surface area contributed by atoms with Crippen LogP contribution in [0, 0.1) is 0 Å². The van der Waals surface area contributed by atoms with E-state index < -0.39 is 5.60 Å². The molecule has 7 heteroatoms. The lowest BCUT2D eigenvalue weighted by Crippen LogP contribution is -2.50. The third kappa shape index (κ3) is 4.64. The fourth-order valence-electron chi connectivity index (χ4n) is 2.83. The monoisotopic (exact) mass is 374 g/mol. The molecule has 1 saturated heterocycles. The molecule has 1 amide bonds. The Morgan fingerprint density at radius 1 is 1.15 bits per heavy atom. The van der Waals surface area contributed by atoms with Crippen LogP contribution in [0.3, 0.4) is 0 Å². The first-order valence-corrected chi connectivity index (χ1v) is 9.01. The number of amides is 1. The summed E-state index contributed by atoms with van der Waals surface area (Å²) in [4.78, 5) is 24.4. The highest BCUT2D eigenvalue weighted by Crippen LogP contribution is 2.25. The van der Waals surface area contributed by atoms with Crippen LogP contribution in [0.15, 0.2) is 36.5 Å². The number of carbonyl (C=O) groups is 1. The Morgan fingerprint density at radius 3 is 2.54 bits per heavy atom. The molecule has 2 heterocycles. The summed E-state index contributed by atoms with van der Waals surface area (Å²) >= 11 is 5.89. The molecular formula is C19H23ClN4O2. The highest BCUT2D eigenvalue weighted by molar-refractivity contribution is 6.28. The maximum Gasteiger partial charge on any atom is 0.410 e. The van der Waals surface area contributed by atoms with Gasteiger partial charge in [0.05, 0.1) is 5.69 Å². The van der Waals surface area contributed by atoms with Gasteiger partial charge in [0.1, 0.15) is 5.60 Å². The standard InChI is InChI=1S/C19H23ClN4O2/c1-19(2,3)26-18(25)24-11-9-23(10-12-24)15-6-4-5-14(13-15)16-7-8-21-17(20)22-16/h4-8,13H,9-12H2,1-3H3. The maximum absolute atomic E-state index is 12.2. The summed E-state index contributed by atoms with van der Waals surface area (Å²) in [5.41, 5.74) is 2.41. The van der Waals surface area contributed by atoms with E-state index in [-0.39, 0.29) is 11.4 Å². The van der Waals surface area contributed by atoms with E-state index in [1.165, 1.54) is 0 Å². The minimum Gasteiger partial charge on any atom is -0.444 e. The van der Waals surface area contributed by atoms with Crippen molar-refractivity contribution < 1.29 is 9.53 Å². The molecule has 0 spiro atoms. The molecule has 1 aliphatic rings. The Bertz CT molecular complexity index is 783. The van der Waals surface area contributed by atoms with Crippen molar-refractivity contribution in [3.8, 4) is 11.3 Å². The number of anilines is 1. The topological polar surface area (TPSA) is 58.6 Å².